The van der Waals surface area contributed by atoms with Gasteiger partial charge in [0.25, 0.3) is 0 Å². The van der Waals surface area contributed by atoms with E-state index in [1.165, 1.54) is 32.1 Å². The van der Waals surface area contributed by atoms with Gasteiger partial charge in [-0.2, -0.15) is 0 Å². The number of nitrogens with zero attached hydrogens (tertiary/aromatic N) is 1. The van der Waals surface area contributed by atoms with Gasteiger partial charge in [0, 0.05) is 11.6 Å². The fraction of sp³-hybridized carbons (Fsp3) is 0.667. The van der Waals surface area contributed by atoms with Crippen molar-refractivity contribution in [2.24, 2.45) is 5.73 Å². The van der Waals surface area contributed by atoms with E-state index in [0.29, 0.717) is 5.56 Å². The zero-order valence-corrected chi connectivity index (χ0v) is 13.1. The van der Waals surface area contributed by atoms with Gasteiger partial charge in [-0.25, -0.2) is 4.39 Å². The lowest BCUT2D eigenvalue weighted by molar-refractivity contribution is 0.0477. The van der Waals surface area contributed by atoms with Crippen LogP contribution in [0.2, 0.25) is 0 Å². The summed E-state index contributed by atoms with van der Waals surface area (Å²) in [7, 11) is 0. The van der Waals surface area contributed by atoms with Gasteiger partial charge in [-0.1, -0.05) is 31.4 Å². The molecule has 1 unspecified atom stereocenters. The average Bonchev–Trinajstić information content (AvgIpc) is 3.01. The van der Waals surface area contributed by atoms with Crippen LogP contribution >= 0.6 is 0 Å². The van der Waals surface area contributed by atoms with Crippen LogP contribution in [0.4, 0.5) is 4.39 Å². The third-order valence-corrected chi connectivity index (χ3v) is 5.59. The van der Waals surface area contributed by atoms with E-state index in [0.717, 1.165) is 31.5 Å². The van der Waals surface area contributed by atoms with E-state index >= 15 is 0 Å². The lowest BCUT2D eigenvalue weighted by Gasteiger charge is -2.47. The predicted molar refractivity (Wildman–Crippen MR) is 84.7 cm³/mol. The highest BCUT2D eigenvalue weighted by atomic mass is 19.1. The third-order valence-electron chi connectivity index (χ3n) is 5.59. The van der Waals surface area contributed by atoms with Gasteiger partial charge in [-0.05, 0) is 62.9 Å². The van der Waals surface area contributed by atoms with Gasteiger partial charge in [0.15, 0.2) is 0 Å². The molecule has 0 aromatic heterocycles. The lowest BCUT2D eigenvalue weighted by Crippen LogP contribution is -2.55. The van der Waals surface area contributed by atoms with Crippen LogP contribution in [0.3, 0.4) is 0 Å². The summed E-state index contributed by atoms with van der Waals surface area (Å²) in [6.45, 7) is 4.12. The Kier molecular flexibility index (Phi) is 4.32. The Bertz CT molecular complexity index is 488. The number of hydrogen-bond donors (Lipinski definition) is 1. The molecular formula is C18H27FN2. The monoisotopic (exact) mass is 290 g/mol. The summed E-state index contributed by atoms with van der Waals surface area (Å²) in [5, 5.41) is 0. The van der Waals surface area contributed by atoms with Crippen molar-refractivity contribution < 1.29 is 4.39 Å². The molecule has 1 atom stereocenters. The average molecular weight is 290 g/mol. The Morgan fingerprint density at radius 2 is 1.76 bits per heavy atom. The minimum absolute atomic E-state index is 0.0577. The van der Waals surface area contributed by atoms with E-state index in [2.05, 4.69) is 4.90 Å². The van der Waals surface area contributed by atoms with E-state index < -0.39 is 0 Å². The second-order valence-electron chi connectivity index (χ2n) is 6.84. The smallest absolute Gasteiger partial charge is 0.126 e. The van der Waals surface area contributed by atoms with Crippen molar-refractivity contribution in [3.8, 4) is 0 Å². The number of hydrogen-bond acceptors (Lipinski definition) is 2. The molecule has 1 heterocycles. The maximum absolute atomic E-state index is 13.9. The van der Waals surface area contributed by atoms with Gasteiger partial charge in [0.1, 0.15) is 5.82 Å². The van der Waals surface area contributed by atoms with Crippen LogP contribution in [-0.4, -0.2) is 23.5 Å². The number of nitrogens with two attached hydrogens (primary N) is 1. The van der Waals surface area contributed by atoms with Crippen LogP contribution in [0, 0.1) is 12.7 Å². The summed E-state index contributed by atoms with van der Waals surface area (Å²) >= 11 is 0. The largest absolute Gasteiger partial charge is 0.322 e. The van der Waals surface area contributed by atoms with Crippen LogP contribution < -0.4 is 5.73 Å². The van der Waals surface area contributed by atoms with E-state index in [4.69, 9.17) is 5.73 Å². The van der Waals surface area contributed by atoms with E-state index in [9.17, 15) is 4.39 Å². The summed E-state index contributed by atoms with van der Waals surface area (Å²) in [6.07, 6.45) is 8.69. The highest BCUT2D eigenvalue weighted by Crippen LogP contribution is 2.44. The molecule has 2 fully saturated rings. The Morgan fingerprint density at radius 3 is 2.38 bits per heavy atom. The van der Waals surface area contributed by atoms with Gasteiger partial charge in [-0.3, -0.25) is 4.90 Å². The highest BCUT2D eigenvalue weighted by Gasteiger charge is 2.45. The maximum atomic E-state index is 13.9. The van der Waals surface area contributed by atoms with Gasteiger partial charge in [-0.15, -0.1) is 0 Å². The standard InChI is InChI=1S/C18H27FN2/c1-14-7-8-15(13-16(14)19)17(20)18(9-3-4-10-18)21-11-5-2-6-12-21/h7-8,13,17H,2-6,9-12,20H2,1H3. The minimum atomic E-state index is -0.130. The van der Waals surface area contributed by atoms with Crippen molar-refractivity contribution in [2.45, 2.75) is 63.5 Å². The van der Waals surface area contributed by atoms with E-state index in [-0.39, 0.29) is 17.4 Å². The molecule has 2 aliphatic rings. The number of halogens is 1. The summed E-state index contributed by atoms with van der Waals surface area (Å²) in [4.78, 5) is 2.62. The molecule has 1 saturated carbocycles. The Labute approximate surface area is 127 Å². The summed E-state index contributed by atoms with van der Waals surface area (Å²) in [5.41, 5.74) is 8.40. The van der Waals surface area contributed by atoms with Gasteiger partial charge in [0.2, 0.25) is 0 Å². The maximum Gasteiger partial charge on any atom is 0.126 e. The van der Waals surface area contributed by atoms with Crippen molar-refractivity contribution in [1.29, 1.82) is 0 Å². The minimum Gasteiger partial charge on any atom is -0.322 e. The van der Waals surface area contributed by atoms with Crippen molar-refractivity contribution in [3.05, 3.63) is 35.1 Å². The molecule has 0 radical (unpaired) electrons. The van der Waals surface area contributed by atoms with Crippen molar-refractivity contribution in [1.82, 2.24) is 4.90 Å². The Hall–Kier alpha value is -0.930. The molecule has 1 aliphatic heterocycles. The fourth-order valence-electron chi connectivity index (χ4n) is 4.26. The molecule has 2 nitrogen and oxygen atoms in total. The molecule has 2 N–H and O–H groups in total. The van der Waals surface area contributed by atoms with Crippen molar-refractivity contribution >= 4 is 0 Å². The molecule has 0 amide bonds. The SMILES string of the molecule is Cc1ccc(C(N)C2(N3CCCCC3)CCCC2)cc1F. The number of aryl methyl sites for hydroxylation is 1. The van der Waals surface area contributed by atoms with Crippen LogP contribution in [0.5, 0.6) is 0 Å². The van der Waals surface area contributed by atoms with Gasteiger partial charge >= 0.3 is 0 Å². The van der Waals surface area contributed by atoms with E-state index in [1.54, 1.807) is 13.0 Å². The summed E-state index contributed by atoms with van der Waals surface area (Å²) < 4.78 is 13.9. The molecule has 0 spiro atoms. The number of rotatable bonds is 3. The quantitative estimate of drug-likeness (QED) is 0.914. The van der Waals surface area contributed by atoms with Crippen LogP contribution in [-0.2, 0) is 0 Å². The van der Waals surface area contributed by atoms with Crippen molar-refractivity contribution in [2.75, 3.05) is 13.1 Å². The number of piperidine rings is 1. The van der Waals surface area contributed by atoms with Crippen molar-refractivity contribution in [3.63, 3.8) is 0 Å². The first-order chi connectivity index (χ1) is 10.1. The van der Waals surface area contributed by atoms with E-state index in [1.807, 2.05) is 12.1 Å². The molecule has 1 aromatic carbocycles. The second kappa shape index (κ2) is 6.05. The van der Waals surface area contributed by atoms with Gasteiger partial charge < -0.3 is 5.73 Å². The van der Waals surface area contributed by atoms with Crippen LogP contribution in [0.25, 0.3) is 0 Å². The highest BCUT2D eigenvalue weighted by molar-refractivity contribution is 5.29. The number of likely N-dealkylation sites (tertiary alicyclic amines) is 1. The molecule has 0 bridgehead atoms. The topological polar surface area (TPSA) is 29.3 Å². The fourth-order valence-corrected chi connectivity index (χ4v) is 4.26. The molecular weight excluding hydrogens is 263 g/mol. The molecule has 3 rings (SSSR count). The normalized spacial score (nSPS) is 24.1. The molecule has 1 saturated heterocycles. The molecule has 21 heavy (non-hydrogen) atoms. The third kappa shape index (κ3) is 2.74. The molecule has 116 valence electrons. The first-order valence-electron chi connectivity index (χ1n) is 8.40. The Morgan fingerprint density at radius 1 is 1.10 bits per heavy atom. The predicted octanol–water partition coefficient (Wildman–Crippen LogP) is 3.93. The zero-order chi connectivity index (χ0) is 14.9. The number of benzene rings is 1. The Balaban J connectivity index is 1.90. The van der Waals surface area contributed by atoms with Crippen LogP contribution in [0.1, 0.15) is 62.1 Å². The summed E-state index contributed by atoms with van der Waals surface area (Å²) in [5.74, 6) is -0.130. The first-order valence-corrected chi connectivity index (χ1v) is 8.40. The lowest BCUT2D eigenvalue weighted by atomic mass is 9.81. The molecule has 1 aliphatic carbocycles. The summed E-state index contributed by atoms with van der Waals surface area (Å²) in [6, 6.07) is 5.47. The second-order valence-corrected chi connectivity index (χ2v) is 6.84. The van der Waals surface area contributed by atoms with Crippen LogP contribution in [0.15, 0.2) is 18.2 Å². The molecule has 3 heteroatoms. The molecule has 1 aromatic rings. The first kappa shape index (κ1) is 15.0. The van der Waals surface area contributed by atoms with Gasteiger partial charge in [0.05, 0.1) is 0 Å². The zero-order valence-electron chi connectivity index (χ0n) is 13.1.